The number of ether oxygens (including phenoxy) is 2. The van der Waals surface area contributed by atoms with E-state index in [-0.39, 0.29) is 34.4 Å². The van der Waals surface area contributed by atoms with Crippen LogP contribution in [0.5, 0.6) is 5.75 Å². The quantitative estimate of drug-likeness (QED) is 0.251. The molecule has 44 heavy (non-hydrogen) atoms. The summed E-state index contributed by atoms with van der Waals surface area (Å²) in [5, 5.41) is 0. The highest BCUT2D eigenvalue weighted by Crippen LogP contribution is 2.45. The second-order valence-electron chi connectivity index (χ2n) is 9.80. The number of hydrogen-bond donors (Lipinski definition) is 0. The second kappa shape index (κ2) is 11.5. The van der Waals surface area contributed by atoms with E-state index in [0.717, 1.165) is 25.3 Å². The number of nitrogens with zero attached hydrogens (tertiary/aromatic N) is 1. The molecule has 0 bridgehead atoms. The van der Waals surface area contributed by atoms with Crippen molar-refractivity contribution >= 4 is 6.09 Å². The molecule has 238 valence electrons. The molecule has 0 saturated carbocycles. The number of hydrogen-bond acceptors (Lipinski definition) is 3. The fourth-order valence-electron chi connectivity index (χ4n) is 4.63. The molecule has 1 saturated heterocycles. The second-order valence-corrected chi connectivity index (χ2v) is 9.80. The zero-order chi connectivity index (χ0) is 38.2. The molecule has 4 rings (SSSR count). The third-order valence-corrected chi connectivity index (χ3v) is 6.61. The predicted molar refractivity (Wildman–Crippen MR) is 138 cm³/mol. The molecule has 4 nitrogen and oxygen atoms in total. The van der Waals surface area contributed by atoms with Crippen molar-refractivity contribution < 1.29 is 66.4 Å². The van der Waals surface area contributed by atoms with Crippen LogP contribution in [-0.2, 0) is 29.8 Å². The summed E-state index contributed by atoms with van der Waals surface area (Å²) in [6.07, 6.45) is -22.0. The van der Waals surface area contributed by atoms with Crippen LogP contribution in [0.25, 0.3) is 11.1 Å². The van der Waals surface area contributed by atoms with Gasteiger partial charge >= 0.3 is 24.6 Å². The van der Waals surface area contributed by atoms with Gasteiger partial charge in [-0.3, -0.25) is 4.90 Å². The molecule has 1 aliphatic rings. The van der Waals surface area contributed by atoms with Crippen LogP contribution < -0.4 is 4.74 Å². The van der Waals surface area contributed by atoms with Gasteiger partial charge in [-0.25, -0.2) is 9.18 Å². The van der Waals surface area contributed by atoms with Gasteiger partial charge in [-0.1, -0.05) is 19.9 Å². The zero-order valence-electron chi connectivity index (χ0n) is 28.8. The molecule has 0 aliphatic carbocycles. The van der Waals surface area contributed by atoms with Gasteiger partial charge in [0.15, 0.2) is 0 Å². The Morgan fingerprint density at radius 2 is 1.52 bits per heavy atom. The summed E-state index contributed by atoms with van der Waals surface area (Å²) in [4.78, 5) is 13.2. The SMILES string of the molecule is [2H]C(C)(C)c1c(F)ccc(OC)c1-c1ccc(C(F)(F)F)cc1CN1C(=O)O[C@]([2H])(c2cc(C(F)(F)F)cc(C(F)(F)F)c2)[C@]1([2H])C([2H])([2H])[2H]. The highest BCUT2D eigenvalue weighted by atomic mass is 19.4. The first-order chi connectivity index (χ1) is 22.5. The zero-order valence-corrected chi connectivity index (χ0v) is 22.8. The van der Waals surface area contributed by atoms with Crippen LogP contribution in [0.15, 0.2) is 48.5 Å². The Kier molecular flexibility index (Phi) is 6.64. The molecule has 1 heterocycles. The third-order valence-electron chi connectivity index (χ3n) is 6.61. The molecule has 0 unspecified atom stereocenters. The van der Waals surface area contributed by atoms with E-state index in [9.17, 15) is 44.3 Å². The molecule has 0 radical (unpaired) electrons. The Morgan fingerprint density at radius 1 is 0.932 bits per heavy atom. The average Bonchev–Trinajstić information content (AvgIpc) is 3.16. The van der Waals surface area contributed by atoms with Crippen LogP contribution in [0, 0.1) is 5.82 Å². The molecule has 1 fully saturated rings. The Hall–Kier alpha value is -3.97. The number of methoxy groups -OCH3 is 1. The molecule has 3 aromatic carbocycles. The Balaban J connectivity index is 2.05. The maximum Gasteiger partial charge on any atom is 0.416 e. The predicted octanol–water partition coefficient (Wildman–Crippen LogP) is 9.76. The number of alkyl halides is 9. The Morgan fingerprint density at radius 3 is 2.02 bits per heavy atom. The van der Waals surface area contributed by atoms with Crippen LogP contribution in [-0.4, -0.2) is 24.1 Å². The smallest absolute Gasteiger partial charge is 0.416 e. The first kappa shape index (κ1) is 25.4. The molecule has 0 N–H and O–H groups in total. The van der Waals surface area contributed by atoms with Gasteiger partial charge in [0.25, 0.3) is 0 Å². The summed E-state index contributed by atoms with van der Waals surface area (Å²) in [6, 6.07) is -0.851. The maximum absolute atomic E-state index is 15.3. The molecular formula is C30H25F10NO3. The van der Waals surface area contributed by atoms with Crippen molar-refractivity contribution in [2.24, 2.45) is 0 Å². The number of cyclic esters (lactones) is 1. The minimum Gasteiger partial charge on any atom is -0.496 e. The van der Waals surface area contributed by atoms with Crippen LogP contribution in [0.3, 0.4) is 0 Å². The molecule has 1 amide bonds. The van der Waals surface area contributed by atoms with Crippen LogP contribution >= 0.6 is 0 Å². The number of halogens is 10. The molecule has 0 aromatic heterocycles. The molecule has 14 heteroatoms. The van der Waals surface area contributed by atoms with E-state index in [1.54, 1.807) is 0 Å². The number of rotatable bonds is 6. The van der Waals surface area contributed by atoms with Gasteiger partial charge in [-0.2, -0.15) is 39.5 Å². The fraction of sp³-hybridized carbons (Fsp3) is 0.367. The summed E-state index contributed by atoms with van der Waals surface area (Å²) in [6.45, 7) is -2.96. The Labute approximate surface area is 253 Å². The van der Waals surface area contributed by atoms with Crippen molar-refractivity contribution in [3.05, 3.63) is 87.7 Å². The van der Waals surface area contributed by atoms with Gasteiger partial charge in [0, 0.05) is 16.6 Å². The number of carbonyl (C=O) groups is 1. The molecule has 2 atom stereocenters. The first-order valence-corrected chi connectivity index (χ1v) is 12.4. The van der Waals surface area contributed by atoms with Crippen LogP contribution in [0.1, 0.15) is 74.3 Å². The van der Waals surface area contributed by atoms with Crippen molar-refractivity contribution in [3.63, 3.8) is 0 Å². The van der Waals surface area contributed by atoms with Crippen molar-refractivity contribution in [1.82, 2.24) is 4.90 Å². The molecule has 1 aliphatic heterocycles. The van der Waals surface area contributed by atoms with Crippen molar-refractivity contribution in [3.8, 4) is 16.9 Å². The summed E-state index contributed by atoms with van der Waals surface area (Å²) < 4.78 is 200. The van der Waals surface area contributed by atoms with Gasteiger partial charge in [-0.15, -0.1) is 0 Å². The van der Waals surface area contributed by atoms with E-state index in [2.05, 4.69) is 0 Å². The minimum absolute atomic E-state index is 0.107. The van der Waals surface area contributed by atoms with Crippen LogP contribution in [0.4, 0.5) is 48.7 Å². The van der Waals surface area contributed by atoms with Gasteiger partial charge in [0.05, 0.1) is 39.1 Å². The molecule has 0 spiro atoms. The maximum atomic E-state index is 15.3. The van der Waals surface area contributed by atoms with Crippen LogP contribution in [0.2, 0.25) is 0 Å². The van der Waals surface area contributed by atoms with Gasteiger partial charge in [0.1, 0.15) is 17.6 Å². The van der Waals surface area contributed by atoms with E-state index in [0.29, 0.717) is 12.1 Å². The monoisotopic (exact) mass is 643 g/mol. The van der Waals surface area contributed by atoms with Gasteiger partial charge in [-0.05, 0) is 71.9 Å². The average molecular weight is 644 g/mol. The lowest BCUT2D eigenvalue weighted by atomic mass is 9.88. The van der Waals surface area contributed by atoms with E-state index in [1.165, 1.54) is 13.8 Å². The normalized spacial score (nSPS) is 23.7. The number of carbonyl (C=O) groups excluding carboxylic acids is 1. The summed E-state index contributed by atoms with van der Waals surface area (Å²) >= 11 is 0. The first-order valence-electron chi connectivity index (χ1n) is 15.4. The van der Waals surface area contributed by atoms with E-state index >= 15 is 4.39 Å². The fourth-order valence-corrected chi connectivity index (χ4v) is 4.63. The minimum atomic E-state index is -5.51. The number of benzene rings is 3. The van der Waals surface area contributed by atoms with Gasteiger partial charge in [0.2, 0.25) is 0 Å². The third kappa shape index (κ3) is 6.43. The van der Waals surface area contributed by atoms with E-state index in [1.807, 2.05) is 0 Å². The largest absolute Gasteiger partial charge is 0.496 e. The van der Waals surface area contributed by atoms with Crippen molar-refractivity contribution in [2.75, 3.05) is 7.11 Å². The summed E-state index contributed by atoms with van der Waals surface area (Å²) in [5.41, 5.74) is -8.90. The Bertz CT molecular complexity index is 1790. The van der Waals surface area contributed by atoms with E-state index < -0.39 is 101 Å². The molecule has 3 aromatic rings. The van der Waals surface area contributed by atoms with Crippen molar-refractivity contribution in [1.29, 1.82) is 0 Å². The molecular weight excluding hydrogens is 612 g/mol. The summed E-state index contributed by atoms with van der Waals surface area (Å²) in [7, 11) is 1.10. The highest BCUT2D eigenvalue weighted by molar-refractivity contribution is 5.79. The summed E-state index contributed by atoms with van der Waals surface area (Å²) in [5.74, 6) is -3.06. The standard InChI is InChI=1S/C30H25F10NO3/c1-14(2)24-22(31)7-8-23(43-4)25(24)21-6-5-18(28(32,33)34)11-17(21)13-41-15(3)26(44-27(41)42)16-9-19(29(35,36)37)12-20(10-16)30(38,39)40/h5-12,14-15,26H,13H2,1-4H3/t15-,26-/m0/s1/i3D3,14D,15D,26D. The van der Waals surface area contributed by atoms with Crippen molar-refractivity contribution in [2.45, 2.75) is 63.8 Å². The number of amides is 1. The van der Waals surface area contributed by atoms with E-state index in [4.69, 9.17) is 17.7 Å². The lowest BCUT2D eigenvalue weighted by Gasteiger charge is -2.25. The topological polar surface area (TPSA) is 38.8 Å². The van der Waals surface area contributed by atoms with Gasteiger partial charge < -0.3 is 9.47 Å². The highest BCUT2D eigenvalue weighted by Gasteiger charge is 2.44. The lowest BCUT2D eigenvalue weighted by Crippen LogP contribution is -2.32. The lowest BCUT2D eigenvalue weighted by molar-refractivity contribution is -0.143.